The normalized spacial score (nSPS) is 11.0. The molecule has 140 valence electrons. The molecule has 2 aromatic heterocycles. The summed E-state index contributed by atoms with van der Waals surface area (Å²) in [7, 11) is 0. The molecule has 0 amide bonds. The number of nitro benzene ring substituents is 1. The molecule has 8 nitrogen and oxygen atoms in total. The third-order valence-corrected chi connectivity index (χ3v) is 5.33. The monoisotopic (exact) mass is 413 g/mol. The molecule has 28 heavy (non-hydrogen) atoms. The number of hydrogen-bond acceptors (Lipinski definition) is 6. The Morgan fingerprint density at radius 2 is 1.93 bits per heavy atom. The van der Waals surface area contributed by atoms with Gasteiger partial charge in [0.05, 0.1) is 16.8 Å². The molecule has 0 aliphatic heterocycles. The van der Waals surface area contributed by atoms with Crippen molar-refractivity contribution in [2.45, 2.75) is 10.9 Å². The van der Waals surface area contributed by atoms with Crippen LogP contribution in [-0.4, -0.2) is 24.7 Å². The zero-order valence-electron chi connectivity index (χ0n) is 14.2. The van der Waals surface area contributed by atoms with E-state index in [-0.39, 0.29) is 11.2 Å². The highest BCUT2D eigenvalue weighted by Gasteiger charge is 2.13. The maximum atomic E-state index is 12.4. The molecule has 2 heterocycles. The Labute approximate surface area is 167 Å². The number of nitrogens with one attached hydrogen (secondary N) is 1. The maximum Gasteiger partial charge on any atom is 0.269 e. The highest BCUT2D eigenvalue weighted by Crippen LogP contribution is 2.25. The van der Waals surface area contributed by atoms with Gasteiger partial charge in [-0.25, -0.2) is 9.67 Å². The predicted octanol–water partition coefficient (Wildman–Crippen LogP) is 3.96. The minimum absolute atomic E-state index is 0.0259. The molecule has 0 saturated carbocycles. The van der Waals surface area contributed by atoms with Crippen molar-refractivity contribution in [1.82, 2.24) is 19.7 Å². The van der Waals surface area contributed by atoms with E-state index in [0.29, 0.717) is 32.7 Å². The Balaban J connectivity index is 1.69. The Morgan fingerprint density at radius 3 is 2.64 bits per heavy atom. The van der Waals surface area contributed by atoms with E-state index < -0.39 is 4.92 Å². The number of hydrogen-bond donors (Lipinski definition) is 1. The number of fused-ring (bicyclic) bond motifs is 1. The van der Waals surface area contributed by atoms with E-state index >= 15 is 0 Å². The first kappa shape index (κ1) is 18.2. The van der Waals surface area contributed by atoms with Crippen molar-refractivity contribution in [1.29, 1.82) is 0 Å². The molecular formula is C18H12ClN5O3S. The van der Waals surface area contributed by atoms with Gasteiger partial charge in [0.1, 0.15) is 5.39 Å². The van der Waals surface area contributed by atoms with Crippen LogP contribution < -0.4 is 5.56 Å². The van der Waals surface area contributed by atoms with Gasteiger partial charge in [0, 0.05) is 22.9 Å². The quantitative estimate of drug-likeness (QED) is 0.229. The van der Waals surface area contributed by atoms with Gasteiger partial charge in [0.25, 0.3) is 11.2 Å². The number of nitro groups is 1. The van der Waals surface area contributed by atoms with E-state index in [1.54, 1.807) is 18.2 Å². The first-order valence-corrected chi connectivity index (χ1v) is 9.48. The highest BCUT2D eigenvalue weighted by atomic mass is 35.5. The summed E-state index contributed by atoms with van der Waals surface area (Å²) >= 11 is 7.52. The lowest BCUT2D eigenvalue weighted by atomic mass is 10.2. The van der Waals surface area contributed by atoms with Gasteiger partial charge in [-0.1, -0.05) is 41.6 Å². The molecule has 1 N–H and O–H groups in total. The second-order valence-electron chi connectivity index (χ2n) is 5.82. The molecule has 0 fully saturated rings. The Bertz CT molecular complexity index is 1240. The van der Waals surface area contributed by atoms with Gasteiger partial charge >= 0.3 is 0 Å². The molecule has 0 saturated heterocycles. The van der Waals surface area contributed by atoms with Gasteiger partial charge in [0.15, 0.2) is 10.8 Å². The smallest absolute Gasteiger partial charge is 0.269 e. The van der Waals surface area contributed by atoms with E-state index in [0.717, 1.165) is 5.56 Å². The topological polar surface area (TPSA) is 107 Å². The molecule has 0 spiro atoms. The molecule has 0 atom stereocenters. The average molecular weight is 414 g/mol. The SMILES string of the molecule is O=c1[nH]c(SCc2ccccc2Cl)nc2c1cnn2-c1ccc([N+](=O)[O-])cc1. The van der Waals surface area contributed by atoms with E-state index in [2.05, 4.69) is 15.1 Å². The molecule has 0 radical (unpaired) electrons. The van der Waals surface area contributed by atoms with Crippen LogP contribution in [0.1, 0.15) is 5.56 Å². The lowest BCUT2D eigenvalue weighted by molar-refractivity contribution is -0.384. The lowest BCUT2D eigenvalue weighted by Gasteiger charge is -2.05. The zero-order chi connectivity index (χ0) is 19.7. The minimum Gasteiger partial charge on any atom is -0.301 e. The highest BCUT2D eigenvalue weighted by molar-refractivity contribution is 7.98. The minimum atomic E-state index is -0.475. The van der Waals surface area contributed by atoms with Gasteiger partial charge in [-0.3, -0.25) is 14.9 Å². The number of rotatable bonds is 5. The van der Waals surface area contributed by atoms with Crippen LogP contribution in [0.4, 0.5) is 5.69 Å². The standard InChI is InChI=1S/C18H12ClN5O3S/c19-15-4-2-1-3-11(15)10-28-18-21-16-14(17(25)22-18)9-20-23(16)12-5-7-13(8-6-12)24(26)27/h1-9H,10H2,(H,21,22,25). The maximum absolute atomic E-state index is 12.4. The van der Waals surface area contributed by atoms with Gasteiger partial charge in [0.2, 0.25) is 0 Å². The molecule has 0 bridgehead atoms. The fraction of sp³-hybridized carbons (Fsp3) is 0.0556. The summed E-state index contributed by atoms with van der Waals surface area (Å²) in [6.45, 7) is 0. The predicted molar refractivity (Wildman–Crippen MR) is 107 cm³/mol. The van der Waals surface area contributed by atoms with Crippen LogP contribution in [0.15, 0.2) is 64.7 Å². The Morgan fingerprint density at radius 1 is 1.18 bits per heavy atom. The van der Waals surface area contributed by atoms with E-state index in [1.165, 1.54) is 34.8 Å². The van der Waals surface area contributed by atoms with Crippen molar-refractivity contribution >= 4 is 40.1 Å². The van der Waals surface area contributed by atoms with Crippen molar-refractivity contribution in [2.24, 2.45) is 0 Å². The number of benzene rings is 2. The van der Waals surface area contributed by atoms with Crippen LogP contribution in [0.25, 0.3) is 16.7 Å². The van der Waals surface area contributed by atoms with Crippen molar-refractivity contribution in [3.05, 3.63) is 85.8 Å². The van der Waals surface area contributed by atoms with Crippen LogP contribution in [0.2, 0.25) is 5.02 Å². The molecule has 0 unspecified atom stereocenters. The third-order valence-electron chi connectivity index (χ3n) is 4.04. The van der Waals surface area contributed by atoms with Crippen LogP contribution in [0.3, 0.4) is 0 Å². The largest absolute Gasteiger partial charge is 0.301 e. The van der Waals surface area contributed by atoms with E-state index in [4.69, 9.17) is 11.6 Å². The van der Waals surface area contributed by atoms with Crippen LogP contribution in [0, 0.1) is 10.1 Å². The second kappa shape index (κ2) is 7.45. The van der Waals surface area contributed by atoms with Crippen molar-refractivity contribution in [2.75, 3.05) is 0 Å². The van der Waals surface area contributed by atoms with E-state index in [9.17, 15) is 14.9 Å². The first-order chi connectivity index (χ1) is 13.5. The summed E-state index contributed by atoms with van der Waals surface area (Å²) in [4.78, 5) is 30.0. The number of nitrogens with zero attached hydrogens (tertiary/aromatic N) is 4. The molecular weight excluding hydrogens is 402 g/mol. The summed E-state index contributed by atoms with van der Waals surface area (Å²) in [6.07, 6.45) is 1.42. The molecule has 0 aliphatic carbocycles. The molecule has 4 aromatic rings. The van der Waals surface area contributed by atoms with Crippen molar-refractivity contribution < 1.29 is 4.92 Å². The fourth-order valence-electron chi connectivity index (χ4n) is 2.63. The fourth-order valence-corrected chi connectivity index (χ4v) is 3.77. The van der Waals surface area contributed by atoms with Crippen molar-refractivity contribution in [3.8, 4) is 5.69 Å². The number of thioether (sulfide) groups is 1. The molecule has 10 heteroatoms. The summed E-state index contributed by atoms with van der Waals surface area (Å²) in [5, 5.41) is 16.4. The Kier molecular flexibility index (Phi) is 4.84. The van der Waals surface area contributed by atoms with Gasteiger partial charge in [-0.2, -0.15) is 5.10 Å². The number of aromatic amines is 1. The summed E-state index contributed by atoms with van der Waals surface area (Å²) < 4.78 is 1.48. The number of H-pyrrole nitrogens is 1. The number of non-ortho nitro benzene ring substituents is 1. The van der Waals surface area contributed by atoms with Crippen LogP contribution >= 0.6 is 23.4 Å². The Hall–Kier alpha value is -3.17. The molecule has 2 aromatic carbocycles. The second-order valence-corrected chi connectivity index (χ2v) is 7.19. The third kappa shape index (κ3) is 3.49. The number of aromatic nitrogens is 4. The summed E-state index contributed by atoms with van der Waals surface area (Å²) in [5.41, 5.74) is 1.54. The average Bonchev–Trinajstić information content (AvgIpc) is 3.12. The van der Waals surface area contributed by atoms with Gasteiger partial charge in [-0.05, 0) is 23.8 Å². The first-order valence-electron chi connectivity index (χ1n) is 8.12. The number of halogens is 1. The summed E-state index contributed by atoms with van der Waals surface area (Å²) in [6, 6.07) is 13.3. The van der Waals surface area contributed by atoms with Crippen molar-refractivity contribution in [3.63, 3.8) is 0 Å². The molecule has 0 aliphatic rings. The van der Waals surface area contributed by atoms with Gasteiger partial charge in [-0.15, -0.1) is 0 Å². The van der Waals surface area contributed by atoms with E-state index in [1.807, 2.05) is 18.2 Å². The molecule has 4 rings (SSSR count). The lowest BCUT2D eigenvalue weighted by Crippen LogP contribution is -2.09. The van der Waals surface area contributed by atoms with Crippen LogP contribution in [0.5, 0.6) is 0 Å². The summed E-state index contributed by atoms with van der Waals surface area (Å²) in [5.74, 6) is 0.541. The zero-order valence-corrected chi connectivity index (χ0v) is 15.8. The van der Waals surface area contributed by atoms with Gasteiger partial charge < -0.3 is 4.98 Å². The van der Waals surface area contributed by atoms with Crippen LogP contribution in [-0.2, 0) is 5.75 Å².